The number of hydrogen-bond donors (Lipinski definition) is 2. The van der Waals surface area contributed by atoms with Crippen molar-refractivity contribution in [3.05, 3.63) is 36.4 Å². The number of aromatic nitrogens is 2. The van der Waals surface area contributed by atoms with Crippen LogP contribution < -0.4 is 5.32 Å². The van der Waals surface area contributed by atoms with E-state index in [0.29, 0.717) is 5.82 Å². The van der Waals surface area contributed by atoms with Crippen molar-refractivity contribution < 1.29 is 4.79 Å². The zero-order valence-corrected chi connectivity index (χ0v) is 12.3. The second kappa shape index (κ2) is 5.69. The second-order valence-corrected chi connectivity index (χ2v) is 5.64. The Bertz CT molecular complexity index is 622. The van der Waals surface area contributed by atoms with Crippen molar-refractivity contribution in [1.29, 1.82) is 0 Å². The van der Waals surface area contributed by atoms with Gasteiger partial charge in [0.2, 0.25) is 5.91 Å². The van der Waals surface area contributed by atoms with Crippen LogP contribution in [-0.4, -0.2) is 40.6 Å². The summed E-state index contributed by atoms with van der Waals surface area (Å²) in [5.74, 6) is 0.672. The fourth-order valence-corrected chi connectivity index (χ4v) is 2.82. The van der Waals surface area contributed by atoms with Gasteiger partial charge in [-0.15, -0.1) is 0 Å². The van der Waals surface area contributed by atoms with E-state index in [9.17, 15) is 4.79 Å². The van der Waals surface area contributed by atoms with E-state index in [4.69, 9.17) is 0 Å². The van der Waals surface area contributed by atoms with E-state index in [-0.39, 0.29) is 17.9 Å². The number of nitrogens with zero attached hydrogens (tertiary/aromatic N) is 2. The minimum atomic E-state index is 0.0341. The highest BCUT2D eigenvalue weighted by atomic mass is 16.2. The summed E-state index contributed by atoms with van der Waals surface area (Å²) in [4.78, 5) is 14.5. The number of nitrogens with one attached hydrogen (secondary N) is 2. The Balaban J connectivity index is 1.69. The summed E-state index contributed by atoms with van der Waals surface area (Å²) >= 11 is 0. The molecule has 1 fully saturated rings. The highest BCUT2D eigenvalue weighted by Crippen LogP contribution is 2.24. The fraction of sp³-hybridized carbons (Fsp3) is 0.375. The summed E-state index contributed by atoms with van der Waals surface area (Å²) in [7, 11) is 2.06. The summed E-state index contributed by atoms with van der Waals surface area (Å²) in [6.45, 7) is 3.06. The molecule has 0 aliphatic carbocycles. The average molecular weight is 284 g/mol. The number of carbonyl (C=O) groups excluding carboxylic acids is 1. The number of likely N-dealkylation sites (tertiary alicyclic amines) is 1. The number of aromatic amines is 1. The lowest BCUT2D eigenvalue weighted by molar-refractivity contribution is -0.120. The molecular formula is C16H20N4O. The third-order valence-electron chi connectivity index (χ3n) is 4.32. The van der Waals surface area contributed by atoms with Crippen LogP contribution in [0.1, 0.15) is 13.3 Å². The molecule has 0 unspecified atom stereocenters. The van der Waals surface area contributed by atoms with Gasteiger partial charge in [-0.2, -0.15) is 5.10 Å². The molecular weight excluding hydrogens is 264 g/mol. The second-order valence-electron chi connectivity index (χ2n) is 5.64. The highest BCUT2D eigenvalue weighted by molar-refractivity contribution is 5.92. The van der Waals surface area contributed by atoms with Crippen molar-refractivity contribution in [2.45, 2.75) is 19.4 Å². The minimum absolute atomic E-state index is 0.0341. The summed E-state index contributed by atoms with van der Waals surface area (Å²) in [5, 5.41) is 10.1. The molecule has 0 bridgehead atoms. The molecule has 21 heavy (non-hydrogen) atoms. The molecule has 2 N–H and O–H groups in total. The number of amides is 1. The van der Waals surface area contributed by atoms with Crippen molar-refractivity contribution in [2.24, 2.45) is 5.92 Å². The first-order valence-electron chi connectivity index (χ1n) is 7.27. The van der Waals surface area contributed by atoms with Gasteiger partial charge in [0.05, 0.1) is 11.6 Å². The average Bonchev–Trinajstić information content (AvgIpc) is 3.08. The molecule has 5 nitrogen and oxygen atoms in total. The molecule has 1 aliphatic rings. The normalized spacial score (nSPS) is 22.4. The van der Waals surface area contributed by atoms with Crippen molar-refractivity contribution in [3.63, 3.8) is 0 Å². The first-order valence-corrected chi connectivity index (χ1v) is 7.27. The Kier molecular flexibility index (Phi) is 3.75. The van der Waals surface area contributed by atoms with Crippen molar-refractivity contribution in [2.75, 3.05) is 18.9 Å². The maximum absolute atomic E-state index is 12.3. The Morgan fingerprint density at radius 2 is 2.14 bits per heavy atom. The third kappa shape index (κ3) is 2.83. The lowest BCUT2D eigenvalue weighted by Crippen LogP contribution is -2.33. The maximum atomic E-state index is 12.3. The molecule has 110 valence electrons. The van der Waals surface area contributed by atoms with Crippen LogP contribution in [0.5, 0.6) is 0 Å². The molecule has 3 rings (SSSR count). The van der Waals surface area contributed by atoms with Gasteiger partial charge in [-0.05, 0) is 32.5 Å². The van der Waals surface area contributed by atoms with Crippen LogP contribution >= 0.6 is 0 Å². The summed E-state index contributed by atoms with van der Waals surface area (Å²) in [5.41, 5.74) is 1.96. The van der Waals surface area contributed by atoms with Gasteiger partial charge < -0.3 is 10.2 Å². The topological polar surface area (TPSA) is 61.0 Å². The Morgan fingerprint density at radius 3 is 2.81 bits per heavy atom. The quantitative estimate of drug-likeness (QED) is 0.909. The lowest BCUT2D eigenvalue weighted by atomic mass is 10.0. The van der Waals surface area contributed by atoms with Gasteiger partial charge in [-0.1, -0.05) is 30.3 Å². The maximum Gasteiger partial charge on any atom is 0.230 e. The lowest BCUT2D eigenvalue weighted by Gasteiger charge is -2.19. The standard InChI is InChI=1S/C16H20N4O/c1-11-13(8-9-20(11)2)16(21)17-15-10-14(18-19-15)12-6-4-3-5-7-12/h3-7,10-11,13H,8-9H2,1-2H3,(H2,17,18,19,21)/t11-,13-/m0/s1. The van der Waals surface area contributed by atoms with Crippen LogP contribution in [0.15, 0.2) is 36.4 Å². The smallest absolute Gasteiger partial charge is 0.230 e. The van der Waals surface area contributed by atoms with E-state index in [0.717, 1.165) is 24.2 Å². The molecule has 2 atom stereocenters. The van der Waals surface area contributed by atoms with Gasteiger partial charge in [0.1, 0.15) is 0 Å². The molecule has 0 spiro atoms. The van der Waals surface area contributed by atoms with E-state index in [1.807, 2.05) is 36.4 Å². The molecule has 2 heterocycles. The van der Waals surface area contributed by atoms with Crippen LogP contribution in [0.2, 0.25) is 0 Å². The SMILES string of the molecule is C[C@H]1[C@@H](C(=O)Nc2cc(-c3ccccc3)[nH]n2)CCN1C. The zero-order chi connectivity index (χ0) is 14.8. The van der Waals surface area contributed by atoms with Crippen LogP contribution in [-0.2, 0) is 4.79 Å². The van der Waals surface area contributed by atoms with Crippen LogP contribution in [0.3, 0.4) is 0 Å². The number of carbonyl (C=O) groups is 1. The number of rotatable bonds is 3. The predicted octanol–water partition coefficient (Wildman–Crippen LogP) is 2.36. The van der Waals surface area contributed by atoms with Crippen LogP contribution in [0, 0.1) is 5.92 Å². The molecule has 1 aromatic heterocycles. The van der Waals surface area contributed by atoms with Crippen molar-refractivity contribution in [3.8, 4) is 11.3 Å². The highest BCUT2D eigenvalue weighted by Gasteiger charge is 2.33. The molecule has 2 aromatic rings. The molecule has 0 radical (unpaired) electrons. The van der Waals surface area contributed by atoms with E-state index >= 15 is 0 Å². The minimum Gasteiger partial charge on any atom is -0.309 e. The molecule has 5 heteroatoms. The monoisotopic (exact) mass is 284 g/mol. The number of benzene rings is 1. The first kappa shape index (κ1) is 13.8. The Labute approximate surface area is 124 Å². The summed E-state index contributed by atoms with van der Waals surface area (Å²) in [6.07, 6.45) is 0.902. The fourth-order valence-electron chi connectivity index (χ4n) is 2.82. The molecule has 0 saturated carbocycles. The summed E-state index contributed by atoms with van der Waals surface area (Å²) < 4.78 is 0. The number of hydrogen-bond acceptors (Lipinski definition) is 3. The van der Waals surface area contributed by atoms with Gasteiger partial charge in [0.15, 0.2) is 5.82 Å². The predicted molar refractivity (Wildman–Crippen MR) is 82.9 cm³/mol. The zero-order valence-electron chi connectivity index (χ0n) is 12.3. The first-order chi connectivity index (χ1) is 10.1. The van der Waals surface area contributed by atoms with E-state index < -0.39 is 0 Å². The van der Waals surface area contributed by atoms with E-state index in [2.05, 4.69) is 34.4 Å². The molecule has 1 aromatic carbocycles. The van der Waals surface area contributed by atoms with Crippen LogP contribution in [0.4, 0.5) is 5.82 Å². The largest absolute Gasteiger partial charge is 0.309 e. The third-order valence-corrected chi connectivity index (χ3v) is 4.32. The van der Waals surface area contributed by atoms with Gasteiger partial charge >= 0.3 is 0 Å². The molecule has 1 amide bonds. The molecule has 1 saturated heterocycles. The van der Waals surface area contributed by atoms with E-state index in [1.165, 1.54) is 0 Å². The Morgan fingerprint density at radius 1 is 1.38 bits per heavy atom. The van der Waals surface area contributed by atoms with Gasteiger partial charge in [-0.25, -0.2) is 0 Å². The van der Waals surface area contributed by atoms with Crippen molar-refractivity contribution in [1.82, 2.24) is 15.1 Å². The molecule has 1 aliphatic heterocycles. The van der Waals surface area contributed by atoms with Gasteiger partial charge in [0.25, 0.3) is 0 Å². The summed E-state index contributed by atoms with van der Waals surface area (Å²) in [6, 6.07) is 12.1. The number of H-pyrrole nitrogens is 1. The van der Waals surface area contributed by atoms with E-state index in [1.54, 1.807) is 0 Å². The Hall–Kier alpha value is -2.14. The van der Waals surface area contributed by atoms with Gasteiger partial charge in [0, 0.05) is 12.1 Å². The number of anilines is 1. The van der Waals surface area contributed by atoms with Gasteiger partial charge in [-0.3, -0.25) is 9.89 Å². The van der Waals surface area contributed by atoms with Crippen molar-refractivity contribution >= 4 is 11.7 Å². The van der Waals surface area contributed by atoms with Crippen LogP contribution in [0.25, 0.3) is 11.3 Å².